The van der Waals surface area contributed by atoms with Crippen molar-refractivity contribution >= 4 is 19.9 Å². The molecule has 2 fully saturated rings. The molecule has 2 aliphatic rings. The smallest absolute Gasteiger partial charge is 0.227 e. The molecule has 40 heavy (non-hydrogen) atoms. The zero-order valence-electron chi connectivity index (χ0n) is 23.8. The summed E-state index contributed by atoms with van der Waals surface area (Å²) in [5.74, 6) is 0.269. The number of ether oxygens (including phenoxy) is 1. The SMILES string of the molecule is C[C@H]1[C@H]([Si](C)(C)O)[C@@H](CCn2cc(C(CO)c3ccccc3)nn2)O[C@H]1CCc1ccc(N2CCCC2=O)cc1. The maximum atomic E-state index is 12.1. The number of nitrogens with zero attached hydrogens (tertiary/aromatic N) is 4. The zero-order chi connectivity index (χ0) is 28.3. The van der Waals surface area contributed by atoms with Gasteiger partial charge in [-0.05, 0) is 68.0 Å². The molecule has 0 bridgehead atoms. The third-order valence-corrected chi connectivity index (χ3v) is 11.2. The van der Waals surface area contributed by atoms with Gasteiger partial charge in [-0.1, -0.05) is 54.6 Å². The van der Waals surface area contributed by atoms with E-state index in [2.05, 4.69) is 41.5 Å². The minimum atomic E-state index is -2.47. The largest absolute Gasteiger partial charge is 0.432 e. The van der Waals surface area contributed by atoms with E-state index in [1.54, 1.807) is 0 Å². The second kappa shape index (κ2) is 12.3. The number of amides is 1. The normalized spacial score (nSPS) is 24.1. The fourth-order valence-corrected chi connectivity index (χ4v) is 9.31. The summed E-state index contributed by atoms with van der Waals surface area (Å²) < 4.78 is 8.47. The molecule has 8 nitrogen and oxygen atoms in total. The van der Waals surface area contributed by atoms with Crippen LogP contribution in [0.1, 0.15) is 55.3 Å². The standard InChI is InChI=1S/C31H42N4O4Si/c1-22-28(16-13-23-11-14-25(15-12-23)35-18-7-10-30(35)37)39-29(31(22)40(2,3)38)17-19-34-20-27(32-33-34)26(21-36)24-8-5-4-6-9-24/h4-6,8-9,11-12,14-15,20,22,26,28-29,31,36,38H,7,10,13,16-19,21H2,1-3H3/t22-,26?,28+,29-,31+/m1/s1. The van der Waals surface area contributed by atoms with E-state index in [-0.39, 0.29) is 42.1 Å². The number of hydrogen-bond acceptors (Lipinski definition) is 6. The maximum Gasteiger partial charge on any atom is 0.227 e. The molecule has 5 rings (SSSR count). The van der Waals surface area contributed by atoms with Crippen LogP contribution in [0.3, 0.4) is 0 Å². The van der Waals surface area contributed by atoms with E-state index >= 15 is 0 Å². The Kier molecular flexibility index (Phi) is 8.85. The van der Waals surface area contributed by atoms with E-state index in [0.717, 1.165) is 49.2 Å². The number of rotatable bonds is 11. The molecule has 2 aromatic carbocycles. The van der Waals surface area contributed by atoms with Crippen molar-refractivity contribution in [1.82, 2.24) is 15.0 Å². The number of aromatic nitrogens is 3. The van der Waals surface area contributed by atoms with Crippen LogP contribution in [-0.2, 0) is 22.5 Å². The van der Waals surface area contributed by atoms with E-state index in [9.17, 15) is 14.7 Å². The molecular formula is C31H42N4O4Si. The maximum absolute atomic E-state index is 12.1. The van der Waals surface area contributed by atoms with Crippen molar-refractivity contribution in [2.45, 2.75) is 82.3 Å². The summed E-state index contributed by atoms with van der Waals surface area (Å²) >= 11 is 0. The van der Waals surface area contributed by atoms with Gasteiger partial charge in [0.25, 0.3) is 0 Å². The molecule has 9 heteroatoms. The van der Waals surface area contributed by atoms with Crippen molar-refractivity contribution in [3.05, 3.63) is 77.6 Å². The van der Waals surface area contributed by atoms with E-state index in [4.69, 9.17) is 4.74 Å². The molecule has 3 heterocycles. The van der Waals surface area contributed by atoms with E-state index in [0.29, 0.717) is 13.0 Å². The summed E-state index contributed by atoms with van der Waals surface area (Å²) in [5, 5.41) is 18.7. The van der Waals surface area contributed by atoms with Gasteiger partial charge < -0.3 is 19.5 Å². The monoisotopic (exact) mass is 562 g/mol. The zero-order valence-corrected chi connectivity index (χ0v) is 24.8. The molecule has 2 aliphatic heterocycles. The fraction of sp³-hybridized carbons (Fsp3) is 0.516. The summed E-state index contributed by atoms with van der Waals surface area (Å²) in [6.45, 7) is 7.68. The highest BCUT2D eigenvalue weighted by molar-refractivity contribution is 6.71. The average molecular weight is 563 g/mol. The van der Waals surface area contributed by atoms with Crippen molar-refractivity contribution in [3.63, 3.8) is 0 Å². The average Bonchev–Trinajstić information content (AvgIpc) is 3.66. The van der Waals surface area contributed by atoms with Gasteiger partial charge >= 0.3 is 0 Å². The van der Waals surface area contributed by atoms with Crippen molar-refractivity contribution in [3.8, 4) is 0 Å². The topological polar surface area (TPSA) is 101 Å². The number of aliphatic hydroxyl groups excluding tert-OH is 1. The minimum Gasteiger partial charge on any atom is -0.432 e. The number of hydrogen-bond donors (Lipinski definition) is 2. The molecule has 0 aliphatic carbocycles. The van der Waals surface area contributed by atoms with Crippen LogP contribution in [0.15, 0.2) is 60.8 Å². The third kappa shape index (κ3) is 6.38. The fourth-order valence-electron chi connectivity index (χ4n) is 6.65. The quantitative estimate of drug-likeness (QED) is 0.333. The Hall–Kier alpha value is -2.85. The minimum absolute atomic E-state index is 0.0287. The van der Waals surface area contributed by atoms with Crippen molar-refractivity contribution < 1.29 is 19.4 Å². The number of carbonyl (C=O) groups excluding carboxylic acids is 1. The van der Waals surface area contributed by atoms with E-state index in [1.165, 1.54) is 5.56 Å². The Balaban J connectivity index is 1.20. The van der Waals surface area contributed by atoms with Gasteiger partial charge in [-0.2, -0.15) is 0 Å². The summed E-state index contributed by atoms with van der Waals surface area (Å²) in [6, 6.07) is 18.2. The predicted molar refractivity (Wildman–Crippen MR) is 158 cm³/mol. The summed E-state index contributed by atoms with van der Waals surface area (Å²) in [6.07, 6.45) is 6.06. The predicted octanol–water partition coefficient (Wildman–Crippen LogP) is 4.52. The number of aliphatic hydroxyl groups is 1. The highest BCUT2D eigenvalue weighted by Crippen LogP contribution is 2.45. The van der Waals surface area contributed by atoms with Gasteiger partial charge in [-0.15, -0.1) is 5.10 Å². The Bertz CT molecular complexity index is 1260. The Morgan fingerprint density at radius 1 is 1.07 bits per heavy atom. The summed E-state index contributed by atoms with van der Waals surface area (Å²) in [7, 11) is -2.47. The first-order valence-electron chi connectivity index (χ1n) is 14.6. The lowest BCUT2D eigenvalue weighted by atomic mass is 9.95. The van der Waals surface area contributed by atoms with Gasteiger partial charge in [0.1, 0.15) is 0 Å². The van der Waals surface area contributed by atoms with Crippen molar-refractivity contribution in [2.75, 3.05) is 18.1 Å². The molecular weight excluding hydrogens is 520 g/mol. The highest BCUT2D eigenvalue weighted by Gasteiger charge is 2.49. The molecule has 1 aromatic heterocycles. The summed E-state index contributed by atoms with van der Waals surface area (Å²) in [4.78, 5) is 25.1. The lowest BCUT2D eigenvalue weighted by Crippen LogP contribution is -2.40. The van der Waals surface area contributed by atoms with Crippen LogP contribution in [0.5, 0.6) is 0 Å². The van der Waals surface area contributed by atoms with Crippen LogP contribution in [-0.4, -0.2) is 64.5 Å². The van der Waals surface area contributed by atoms with E-state index in [1.807, 2.05) is 59.2 Å². The number of aryl methyl sites for hydroxylation is 2. The number of benzene rings is 2. The lowest BCUT2D eigenvalue weighted by Gasteiger charge is -2.30. The molecule has 5 atom stereocenters. The molecule has 2 N–H and O–H groups in total. The second-order valence-electron chi connectivity index (χ2n) is 11.9. The first-order valence-corrected chi connectivity index (χ1v) is 17.6. The van der Waals surface area contributed by atoms with Crippen LogP contribution in [0.25, 0.3) is 0 Å². The van der Waals surface area contributed by atoms with Gasteiger partial charge in [0.05, 0.1) is 30.4 Å². The second-order valence-corrected chi connectivity index (χ2v) is 15.9. The molecule has 2 saturated heterocycles. The highest BCUT2D eigenvalue weighted by atomic mass is 28.4. The first-order chi connectivity index (χ1) is 19.2. The molecule has 214 valence electrons. The summed E-state index contributed by atoms with van der Waals surface area (Å²) in [5.41, 5.74) is 4.12. The molecule has 0 saturated carbocycles. The Morgan fingerprint density at radius 2 is 1.82 bits per heavy atom. The van der Waals surface area contributed by atoms with Crippen LogP contribution >= 0.6 is 0 Å². The van der Waals surface area contributed by atoms with Crippen LogP contribution in [0.4, 0.5) is 5.69 Å². The molecule has 3 aromatic rings. The van der Waals surface area contributed by atoms with Gasteiger partial charge in [0.15, 0.2) is 8.32 Å². The van der Waals surface area contributed by atoms with Crippen LogP contribution in [0, 0.1) is 5.92 Å². The molecule has 0 spiro atoms. The Morgan fingerprint density at radius 3 is 2.48 bits per heavy atom. The van der Waals surface area contributed by atoms with Gasteiger partial charge in [0, 0.05) is 36.9 Å². The molecule has 1 unspecified atom stereocenters. The Labute approximate surface area is 238 Å². The van der Waals surface area contributed by atoms with Gasteiger partial charge in [-0.25, -0.2) is 0 Å². The molecule has 1 amide bonds. The number of anilines is 1. The van der Waals surface area contributed by atoms with E-state index < -0.39 is 8.32 Å². The van der Waals surface area contributed by atoms with Crippen molar-refractivity contribution in [1.29, 1.82) is 0 Å². The number of carbonyl (C=O) groups is 1. The first kappa shape index (κ1) is 28.7. The van der Waals surface area contributed by atoms with Gasteiger partial charge in [0.2, 0.25) is 5.91 Å². The van der Waals surface area contributed by atoms with Crippen molar-refractivity contribution in [2.24, 2.45) is 5.92 Å². The van der Waals surface area contributed by atoms with Crippen LogP contribution in [0.2, 0.25) is 18.6 Å². The van der Waals surface area contributed by atoms with Crippen LogP contribution < -0.4 is 4.90 Å². The lowest BCUT2D eigenvalue weighted by molar-refractivity contribution is -0.117. The van der Waals surface area contributed by atoms with Gasteiger partial charge in [-0.3, -0.25) is 9.48 Å². The third-order valence-electron chi connectivity index (χ3n) is 8.70. The molecule has 0 radical (unpaired) electrons.